The zero-order valence-electron chi connectivity index (χ0n) is 7.96. The summed E-state index contributed by atoms with van der Waals surface area (Å²) in [5.74, 6) is -0.128. The van der Waals surface area contributed by atoms with Crippen LogP contribution in [0.15, 0.2) is 12.1 Å². The van der Waals surface area contributed by atoms with Gasteiger partial charge in [-0.25, -0.2) is 8.42 Å². The number of rotatable bonds is 2. The van der Waals surface area contributed by atoms with Gasteiger partial charge in [0.15, 0.2) is 0 Å². The van der Waals surface area contributed by atoms with E-state index in [1.807, 2.05) is 6.07 Å². The lowest BCUT2D eigenvalue weighted by Crippen LogP contribution is -2.00. The molecule has 15 heavy (non-hydrogen) atoms. The first-order valence-corrected chi connectivity index (χ1v) is 7.54. The fraction of sp³-hybridized carbons (Fsp3) is 0.400. The standard InChI is InChI=1S/C10H10Cl2O2S/c11-9-4-7-2-1-3-10(7)8(5-9)6-15(12,13)14/h4-5H,1-3,6H2. The van der Waals surface area contributed by atoms with E-state index < -0.39 is 9.05 Å². The summed E-state index contributed by atoms with van der Waals surface area (Å²) in [6.07, 6.45) is 2.96. The molecule has 0 radical (unpaired) electrons. The monoisotopic (exact) mass is 264 g/mol. The SMILES string of the molecule is O=S(=O)(Cl)Cc1cc(Cl)cc2c1CCC2. The Labute approximate surface area is 98.6 Å². The van der Waals surface area contributed by atoms with Gasteiger partial charge in [-0.15, -0.1) is 0 Å². The third-order valence-corrected chi connectivity index (χ3v) is 3.80. The lowest BCUT2D eigenvalue weighted by molar-refractivity contribution is 0.608. The number of fused-ring (bicyclic) bond motifs is 1. The molecule has 1 aromatic rings. The number of hydrogen-bond acceptors (Lipinski definition) is 2. The molecule has 0 N–H and O–H groups in total. The largest absolute Gasteiger partial charge is 0.236 e. The van der Waals surface area contributed by atoms with Crippen molar-refractivity contribution in [2.24, 2.45) is 0 Å². The molecule has 0 aliphatic heterocycles. The van der Waals surface area contributed by atoms with E-state index in [9.17, 15) is 8.42 Å². The van der Waals surface area contributed by atoms with Crippen LogP contribution >= 0.6 is 22.3 Å². The summed E-state index contributed by atoms with van der Waals surface area (Å²) in [5, 5.41) is 0.589. The van der Waals surface area contributed by atoms with Crippen LogP contribution in [-0.4, -0.2) is 8.42 Å². The van der Waals surface area contributed by atoms with Crippen molar-refractivity contribution in [2.75, 3.05) is 0 Å². The first kappa shape index (κ1) is 11.2. The Kier molecular flexibility index (Phi) is 2.97. The van der Waals surface area contributed by atoms with Gasteiger partial charge in [0.1, 0.15) is 0 Å². The fourth-order valence-corrected chi connectivity index (χ4v) is 3.31. The Hall–Kier alpha value is -0.250. The van der Waals surface area contributed by atoms with E-state index in [2.05, 4.69) is 0 Å². The molecule has 1 aliphatic rings. The minimum absolute atomic E-state index is 0.128. The van der Waals surface area contributed by atoms with Crippen molar-refractivity contribution >= 4 is 31.3 Å². The fourth-order valence-electron chi connectivity index (χ4n) is 2.07. The normalized spacial score (nSPS) is 15.3. The van der Waals surface area contributed by atoms with Gasteiger partial charge >= 0.3 is 0 Å². The van der Waals surface area contributed by atoms with Crippen molar-refractivity contribution in [1.82, 2.24) is 0 Å². The van der Waals surface area contributed by atoms with Crippen LogP contribution in [0.1, 0.15) is 23.1 Å². The molecule has 0 saturated heterocycles. The molecule has 2 nitrogen and oxygen atoms in total. The lowest BCUT2D eigenvalue weighted by atomic mass is 10.0. The topological polar surface area (TPSA) is 34.1 Å². The third kappa shape index (κ3) is 2.65. The van der Waals surface area contributed by atoms with Crippen LogP contribution in [-0.2, 0) is 27.6 Å². The maximum absolute atomic E-state index is 11.0. The molecule has 0 amide bonds. The summed E-state index contributed by atoms with van der Waals surface area (Å²) in [6.45, 7) is 0. The van der Waals surface area contributed by atoms with Gasteiger partial charge in [0.2, 0.25) is 9.05 Å². The number of benzene rings is 1. The molecular weight excluding hydrogens is 255 g/mol. The van der Waals surface area contributed by atoms with Crippen LogP contribution in [0.5, 0.6) is 0 Å². The average molecular weight is 265 g/mol. The van der Waals surface area contributed by atoms with Gasteiger partial charge in [0.25, 0.3) is 0 Å². The van der Waals surface area contributed by atoms with Crippen LogP contribution in [0.2, 0.25) is 5.02 Å². The van der Waals surface area contributed by atoms with Crippen LogP contribution < -0.4 is 0 Å². The maximum Gasteiger partial charge on any atom is 0.236 e. The number of halogens is 2. The van der Waals surface area contributed by atoms with E-state index >= 15 is 0 Å². The number of aryl methyl sites for hydroxylation is 1. The molecule has 0 heterocycles. The van der Waals surface area contributed by atoms with Gasteiger partial charge in [0.05, 0.1) is 5.75 Å². The highest BCUT2D eigenvalue weighted by Crippen LogP contribution is 2.30. The van der Waals surface area contributed by atoms with Crippen molar-refractivity contribution in [3.8, 4) is 0 Å². The van der Waals surface area contributed by atoms with Crippen LogP contribution in [0, 0.1) is 0 Å². The molecule has 5 heteroatoms. The molecule has 0 aromatic heterocycles. The van der Waals surface area contributed by atoms with Crippen molar-refractivity contribution in [3.63, 3.8) is 0 Å². The Morgan fingerprint density at radius 3 is 2.67 bits per heavy atom. The summed E-state index contributed by atoms with van der Waals surface area (Å²) in [5.41, 5.74) is 3.03. The Balaban J connectivity index is 2.47. The van der Waals surface area contributed by atoms with Gasteiger partial charge in [-0.1, -0.05) is 11.6 Å². The van der Waals surface area contributed by atoms with Crippen molar-refractivity contribution < 1.29 is 8.42 Å². The second kappa shape index (κ2) is 3.96. The summed E-state index contributed by atoms with van der Waals surface area (Å²) < 4.78 is 22.1. The van der Waals surface area contributed by atoms with Crippen LogP contribution in [0.4, 0.5) is 0 Å². The van der Waals surface area contributed by atoms with Gasteiger partial charge in [-0.05, 0) is 48.1 Å². The quantitative estimate of drug-likeness (QED) is 0.770. The van der Waals surface area contributed by atoms with Crippen LogP contribution in [0.25, 0.3) is 0 Å². The zero-order chi connectivity index (χ0) is 11.1. The second-order valence-electron chi connectivity index (χ2n) is 3.74. The highest BCUT2D eigenvalue weighted by molar-refractivity contribution is 8.13. The van der Waals surface area contributed by atoms with Gasteiger partial charge < -0.3 is 0 Å². The first-order valence-electron chi connectivity index (χ1n) is 4.68. The highest BCUT2D eigenvalue weighted by Gasteiger charge is 2.19. The smallest absolute Gasteiger partial charge is 0.212 e. The maximum atomic E-state index is 11.0. The molecule has 0 spiro atoms. The minimum atomic E-state index is -3.50. The second-order valence-corrected chi connectivity index (χ2v) is 6.95. The Bertz CT molecular complexity index is 494. The summed E-state index contributed by atoms with van der Waals surface area (Å²) in [7, 11) is 1.75. The van der Waals surface area contributed by atoms with E-state index in [1.165, 1.54) is 0 Å². The molecule has 0 bridgehead atoms. The highest BCUT2D eigenvalue weighted by atomic mass is 35.7. The molecule has 0 atom stereocenters. The predicted molar refractivity (Wildman–Crippen MR) is 62.0 cm³/mol. The molecule has 0 unspecified atom stereocenters. The van der Waals surface area contributed by atoms with E-state index in [-0.39, 0.29) is 5.75 Å². The average Bonchev–Trinajstić information content (AvgIpc) is 2.48. The summed E-state index contributed by atoms with van der Waals surface area (Å²) >= 11 is 5.92. The third-order valence-electron chi connectivity index (χ3n) is 2.60. The Morgan fingerprint density at radius 2 is 2.00 bits per heavy atom. The van der Waals surface area contributed by atoms with E-state index in [0.717, 1.165) is 36.0 Å². The predicted octanol–water partition coefficient (Wildman–Crippen LogP) is 2.90. The summed E-state index contributed by atoms with van der Waals surface area (Å²) in [4.78, 5) is 0. The molecule has 82 valence electrons. The molecule has 1 aromatic carbocycles. The van der Waals surface area contributed by atoms with E-state index in [0.29, 0.717) is 5.02 Å². The zero-order valence-corrected chi connectivity index (χ0v) is 10.3. The van der Waals surface area contributed by atoms with Gasteiger partial charge in [0, 0.05) is 15.7 Å². The minimum Gasteiger partial charge on any atom is -0.212 e. The first-order chi connectivity index (χ1) is 6.96. The van der Waals surface area contributed by atoms with Gasteiger partial charge in [-0.3, -0.25) is 0 Å². The number of hydrogen-bond donors (Lipinski definition) is 0. The molecule has 0 saturated carbocycles. The molecule has 0 fully saturated rings. The van der Waals surface area contributed by atoms with Gasteiger partial charge in [-0.2, -0.15) is 0 Å². The molecule has 1 aliphatic carbocycles. The molecule has 2 rings (SSSR count). The van der Waals surface area contributed by atoms with Crippen molar-refractivity contribution in [3.05, 3.63) is 33.8 Å². The lowest BCUT2D eigenvalue weighted by Gasteiger charge is -2.07. The Morgan fingerprint density at radius 1 is 1.27 bits per heavy atom. The van der Waals surface area contributed by atoms with Crippen molar-refractivity contribution in [2.45, 2.75) is 25.0 Å². The van der Waals surface area contributed by atoms with Crippen molar-refractivity contribution in [1.29, 1.82) is 0 Å². The summed E-state index contributed by atoms with van der Waals surface area (Å²) in [6, 6.07) is 3.61. The van der Waals surface area contributed by atoms with Crippen LogP contribution in [0.3, 0.4) is 0 Å². The van der Waals surface area contributed by atoms with E-state index in [4.69, 9.17) is 22.3 Å². The molecular formula is C10H10Cl2O2S. The van der Waals surface area contributed by atoms with E-state index in [1.54, 1.807) is 6.07 Å².